The molecular formula is C15H20N2O3S2. The molecule has 0 aliphatic carbocycles. The number of aromatic nitrogens is 1. The van der Waals surface area contributed by atoms with E-state index in [1.807, 2.05) is 5.38 Å². The van der Waals surface area contributed by atoms with Gasteiger partial charge < -0.3 is 4.74 Å². The third-order valence-electron chi connectivity index (χ3n) is 3.10. The Morgan fingerprint density at radius 2 is 2.18 bits per heavy atom. The molecule has 0 saturated heterocycles. The van der Waals surface area contributed by atoms with Gasteiger partial charge in [0.1, 0.15) is 5.75 Å². The summed E-state index contributed by atoms with van der Waals surface area (Å²) in [5.74, 6) is 0.601. The van der Waals surface area contributed by atoms with E-state index >= 15 is 0 Å². The standard InChI is InChI=1S/C15H20N2O3S2/c1-3-15-17-13(10-21-15)7-8-16-22(18,19)11-12-5-4-6-14(9-12)20-2/h4-6,9-10,16H,3,7-8,11H2,1-2H3. The van der Waals surface area contributed by atoms with Crippen molar-refractivity contribution in [2.75, 3.05) is 13.7 Å². The van der Waals surface area contributed by atoms with Crippen molar-refractivity contribution in [2.24, 2.45) is 0 Å². The molecule has 0 radical (unpaired) electrons. The van der Waals surface area contributed by atoms with Gasteiger partial charge in [-0.2, -0.15) is 0 Å². The van der Waals surface area contributed by atoms with E-state index in [9.17, 15) is 8.42 Å². The van der Waals surface area contributed by atoms with Gasteiger partial charge in [0, 0.05) is 18.3 Å². The summed E-state index contributed by atoms with van der Waals surface area (Å²) in [6.07, 6.45) is 1.51. The average molecular weight is 340 g/mol. The van der Waals surface area contributed by atoms with Crippen LogP contribution >= 0.6 is 11.3 Å². The molecule has 1 N–H and O–H groups in total. The first-order chi connectivity index (χ1) is 10.5. The molecule has 0 unspecified atom stereocenters. The number of ether oxygens (including phenoxy) is 1. The second kappa shape index (κ2) is 7.71. The lowest BCUT2D eigenvalue weighted by Crippen LogP contribution is -2.27. The van der Waals surface area contributed by atoms with Crippen molar-refractivity contribution in [1.82, 2.24) is 9.71 Å². The Morgan fingerprint density at radius 3 is 2.86 bits per heavy atom. The van der Waals surface area contributed by atoms with Gasteiger partial charge in [-0.15, -0.1) is 11.3 Å². The van der Waals surface area contributed by atoms with E-state index in [-0.39, 0.29) is 5.75 Å². The van der Waals surface area contributed by atoms with Crippen molar-refractivity contribution in [3.8, 4) is 5.75 Å². The lowest BCUT2D eigenvalue weighted by Gasteiger charge is -2.07. The highest BCUT2D eigenvalue weighted by atomic mass is 32.2. The number of methoxy groups -OCH3 is 1. The number of thiazole rings is 1. The van der Waals surface area contributed by atoms with Gasteiger partial charge in [0.15, 0.2) is 0 Å². The van der Waals surface area contributed by atoms with Gasteiger partial charge in [0.2, 0.25) is 10.0 Å². The molecule has 0 aliphatic rings. The largest absolute Gasteiger partial charge is 0.497 e. The molecule has 0 spiro atoms. The van der Waals surface area contributed by atoms with Crippen molar-refractivity contribution in [2.45, 2.75) is 25.5 Å². The molecule has 0 fully saturated rings. The summed E-state index contributed by atoms with van der Waals surface area (Å²) < 4.78 is 31.9. The molecule has 1 heterocycles. The van der Waals surface area contributed by atoms with Gasteiger partial charge in [0.25, 0.3) is 0 Å². The van der Waals surface area contributed by atoms with Gasteiger partial charge in [-0.05, 0) is 24.1 Å². The number of nitrogens with zero attached hydrogens (tertiary/aromatic N) is 1. The molecule has 1 aromatic carbocycles. The summed E-state index contributed by atoms with van der Waals surface area (Å²) in [5, 5.41) is 3.06. The van der Waals surface area contributed by atoms with Crippen LogP contribution in [0.5, 0.6) is 5.75 Å². The van der Waals surface area contributed by atoms with E-state index in [2.05, 4.69) is 16.6 Å². The number of nitrogens with one attached hydrogen (secondary N) is 1. The predicted molar refractivity (Wildman–Crippen MR) is 88.8 cm³/mol. The summed E-state index contributed by atoms with van der Waals surface area (Å²) in [5.41, 5.74) is 1.64. The zero-order valence-electron chi connectivity index (χ0n) is 12.7. The quantitative estimate of drug-likeness (QED) is 0.801. The molecule has 5 nitrogen and oxygen atoms in total. The molecule has 2 aromatic rings. The Balaban J connectivity index is 1.87. The smallest absolute Gasteiger partial charge is 0.215 e. The topological polar surface area (TPSA) is 68.3 Å². The lowest BCUT2D eigenvalue weighted by molar-refractivity contribution is 0.414. The summed E-state index contributed by atoms with van der Waals surface area (Å²) in [6.45, 7) is 2.42. The summed E-state index contributed by atoms with van der Waals surface area (Å²) in [7, 11) is -1.80. The third kappa shape index (κ3) is 5.08. The van der Waals surface area contributed by atoms with Crippen molar-refractivity contribution < 1.29 is 13.2 Å². The Kier molecular flexibility index (Phi) is 5.93. The normalized spacial score (nSPS) is 11.5. The molecule has 22 heavy (non-hydrogen) atoms. The van der Waals surface area contributed by atoms with Gasteiger partial charge in [-0.25, -0.2) is 18.1 Å². The van der Waals surface area contributed by atoms with Crippen molar-refractivity contribution in [3.05, 3.63) is 45.9 Å². The van der Waals surface area contributed by atoms with E-state index in [1.165, 1.54) is 0 Å². The van der Waals surface area contributed by atoms with Crippen LogP contribution in [0.25, 0.3) is 0 Å². The van der Waals surface area contributed by atoms with Gasteiger partial charge >= 0.3 is 0 Å². The molecule has 1 aromatic heterocycles. The van der Waals surface area contributed by atoms with Crippen molar-refractivity contribution in [3.63, 3.8) is 0 Å². The first kappa shape index (κ1) is 16.9. The fourth-order valence-corrected chi connectivity index (χ4v) is 3.91. The monoisotopic (exact) mass is 340 g/mol. The molecule has 0 amide bonds. The van der Waals surface area contributed by atoms with E-state index in [4.69, 9.17) is 4.74 Å². The SMILES string of the molecule is CCc1nc(CCNS(=O)(=O)Cc2cccc(OC)c2)cs1. The minimum Gasteiger partial charge on any atom is -0.497 e. The zero-order chi connectivity index (χ0) is 16.0. The molecule has 2 rings (SSSR count). The van der Waals surface area contributed by atoms with Crippen LogP contribution in [0.15, 0.2) is 29.6 Å². The first-order valence-electron chi connectivity index (χ1n) is 7.06. The summed E-state index contributed by atoms with van der Waals surface area (Å²) in [6, 6.07) is 7.07. The van der Waals surface area contributed by atoms with Crippen LogP contribution in [0.2, 0.25) is 0 Å². The minimum absolute atomic E-state index is 0.0541. The van der Waals surface area contributed by atoms with Crippen LogP contribution in [0.1, 0.15) is 23.2 Å². The average Bonchev–Trinajstić information content (AvgIpc) is 2.94. The number of hydrogen-bond acceptors (Lipinski definition) is 5. The van der Waals surface area contributed by atoms with Crippen LogP contribution in [0.3, 0.4) is 0 Å². The number of aryl methyl sites for hydroxylation is 1. The zero-order valence-corrected chi connectivity index (χ0v) is 14.3. The fourth-order valence-electron chi connectivity index (χ4n) is 1.99. The Hall–Kier alpha value is -1.44. The molecule has 120 valence electrons. The summed E-state index contributed by atoms with van der Waals surface area (Å²) in [4.78, 5) is 4.42. The van der Waals surface area contributed by atoms with Crippen molar-refractivity contribution >= 4 is 21.4 Å². The number of sulfonamides is 1. The highest BCUT2D eigenvalue weighted by molar-refractivity contribution is 7.88. The van der Waals surface area contributed by atoms with Crippen molar-refractivity contribution in [1.29, 1.82) is 0 Å². The summed E-state index contributed by atoms with van der Waals surface area (Å²) >= 11 is 1.61. The Bertz CT molecular complexity index is 711. The van der Waals surface area contributed by atoms with Crippen LogP contribution in [0.4, 0.5) is 0 Å². The fraction of sp³-hybridized carbons (Fsp3) is 0.400. The highest BCUT2D eigenvalue weighted by Crippen LogP contribution is 2.14. The first-order valence-corrected chi connectivity index (χ1v) is 9.59. The molecule has 0 bridgehead atoms. The number of rotatable bonds is 8. The minimum atomic E-state index is -3.36. The molecule has 0 saturated carbocycles. The van der Waals surface area contributed by atoms with E-state index < -0.39 is 10.0 Å². The lowest BCUT2D eigenvalue weighted by atomic mass is 10.2. The molecular weight excluding hydrogens is 320 g/mol. The molecule has 7 heteroatoms. The third-order valence-corrected chi connectivity index (χ3v) is 5.50. The second-order valence-corrected chi connectivity index (χ2v) is 7.59. The van der Waals surface area contributed by atoms with Crippen LogP contribution in [0, 0.1) is 0 Å². The Labute approximate surface area is 135 Å². The van der Waals surface area contributed by atoms with E-state index in [1.54, 1.807) is 42.7 Å². The number of benzene rings is 1. The molecule has 0 atom stereocenters. The van der Waals surface area contributed by atoms with Gasteiger partial charge in [-0.3, -0.25) is 0 Å². The van der Waals surface area contributed by atoms with Crippen LogP contribution < -0.4 is 9.46 Å². The van der Waals surface area contributed by atoms with E-state index in [0.29, 0.717) is 24.3 Å². The predicted octanol–water partition coefficient (Wildman–Crippen LogP) is 2.38. The van der Waals surface area contributed by atoms with Crippen LogP contribution in [-0.4, -0.2) is 27.1 Å². The highest BCUT2D eigenvalue weighted by Gasteiger charge is 2.12. The van der Waals surface area contributed by atoms with Crippen LogP contribution in [-0.2, 0) is 28.6 Å². The maximum Gasteiger partial charge on any atom is 0.215 e. The number of hydrogen-bond donors (Lipinski definition) is 1. The molecule has 0 aliphatic heterocycles. The second-order valence-electron chi connectivity index (χ2n) is 4.84. The van der Waals surface area contributed by atoms with E-state index in [0.717, 1.165) is 17.1 Å². The maximum atomic E-state index is 12.1. The van der Waals surface area contributed by atoms with Gasteiger partial charge in [0.05, 0.1) is 23.6 Å². The van der Waals surface area contributed by atoms with Gasteiger partial charge in [-0.1, -0.05) is 19.1 Å². The Morgan fingerprint density at radius 1 is 1.36 bits per heavy atom. The maximum absolute atomic E-state index is 12.1.